The smallest absolute Gasteiger partial charge is 0.438 e. The Morgan fingerprint density at radius 1 is 1.75 bits per heavy atom. The highest BCUT2D eigenvalue weighted by atomic mass is 16.8. The Labute approximate surface area is 47.0 Å². The number of ether oxygens (including phenoxy) is 2. The molecule has 1 unspecified atom stereocenters. The van der Waals surface area contributed by atoms with E-state index in [0.717, 1.165) is 0 Å². The molecule has 1 atom stereocenters. The van der Waals surface area contributed by atoms with E-state index in [1.165, 1.54) is 14.0 Å². The van der Waals surface area contributed by atoms with E-state index < -0.39 is 12.4 Å². The highest BCUT2D eigenvalue weighted by Gasteiger charge is 2.02. The molecule has 0 aromatic heterocycles. The van der Waals surface area contributed by atoms with Crippen molar-refractivity contribution in [1.82, 2.24) is 0 Å². The van der Waals surface area contributed by atoms with E-state index in [1.807, 2.05) is 0 Å². The molecule has 1 N–H and O–H groups in total. The van der Waals surface area contributed by atoms with Gasteiger partial charge in [-0.1, -0.05) is 0 Å². The van der Waals surface area contributed by atoms with Gasteiger partial charge in [0.25, 0.3) is 0 Å². The Balaban J connectivity index is 3.25. The first-order valence-electron chi connectivity index (χ1n) is 2.09. The molecule has 0 fully saturated rings. The minimum Gasteiger partial charge on any atom is -0.438 e. The van der Waals surface area contributed by atoms with Crippen LogP contribution in [-0.2, 0) is 9.47 Å². The molecule has 0 amide bonds. The lowest BCUT2D eigenvalue weighted by Crippen LogP contribution is -2.13. The number of hydrogen-bond acceptors (Lipinski definition) is 4. The monoisotopic (exact) mass is 120 g/mol. The summed E-state index contributed by atoms with van der Waals surface area (Å²) < 4.78 is 8.13. The van der Waals surface area contributed by atoms with Crippen molar-refractivity contribution in [3.05, 3.63) is 0 Å². The van der Waals surface area contributed by atoms with Gasteiger partial charge in [-0.05, 0) is 6.92 Å². The Morgan fingerprint density at radius 3 is 2.38 bits per heavy atom. The maximum absolute atomic E-state index is 10.0. The van der Waals surface area contributed by atoms with E-state index in [9.17, 15) is 4.79 Å². The fourth-order valence-corrected chi connectivity index (χ4v) is 0.187. The second-order valence-electron chi connectivity index (χ2n) is 1.17. The van der Waals surface area contributed by atoms with Crippen molar-refractivity contribution in [3.8, 4) is 0 Å². The van der Waals surface area contributed by atoms with Gasteiger partial charge in [0.2, 0.25) is 6.29 Å². The van der Waals surface area contributed by atoms with Crippen LogP contribution in [0.5, 0.6) is 0 Å². The van der Waals surface area contributed by atoms with Crippen LogP contribution in [0, 0.1) is 0 Å². The molecule has 4 heteroatoms. The van der Waals surface area contributed by atoms with Gasteiger partial charge in [-0.3, -0.25) is 0 Å². The van der Waals surface area contributed by atoms with Crippen molar-refractivity contribution in [2.24, 2.45) is 0 Å². The second kappa shape index (κ2) is 3.26. The number of carbonyl (C=O) groups excluding carboxylic acids is 1. The summed E-state index contributed by atoms with van der Waals surface area (Å²) in [5.74, 6) is 0. The van der Waals surface area contributed by atoms with Crippen molar-refractivity contribution in [3.63, 3.8) is 0 Å². The number of hydrogen-bond donors (Lipinski definition) is 1. The van der Waals surface area contributed by atoms with Crippen LogP contribution in [0.3, 0.4) is 0 Å². The van der Waals surface area contributed by atoms with Gasteiger partial charge in [0.15, 0.2) is 0 Å². The highest BCUT2D eigenvalue weighted by Crippen LogP contribution is 1.86. The lowest BCUT2D eigenvalue weighted by molar-refractivity contribution is -0.0629. The first kappa shape index (κ1) is 7.23. The minimum absolute atomic E-state index is 0.875. The molecule has 48 valence electrons. The average molecular weight is 120 g/mol. The summed E-state index contributed by atoms with van der Waals surface area (Å²) >= 11 is 0. The summed E-state index contributed by atoms with van der Waals surface area (Å²) in [4.78, 5) is 10.0. The number of carbonyl (C=O) groups is 1. The van der Waals surface area contributed by atoms with Gasteiger partial charge in [0.1, 0.15) is 0 Å². The van der Waals surface area contributed by atoms with E-state index in [1.54, 1.807) is 0 Å². The zero-order valence-electron chi connectivity index (χ0n) is 4.75. The summed E-state index contributed by atoms with van der Waals surface area (Å²) in [6.45, 7) is 1.32. The first-order chi connectivity index (χ1) is 3.66. The maximum atomic E-state index is 10.0. The van der Waals surface area contributed by atoms with Crippen LogP contribution in [0.4, 0.5) is 4.79 Å². The SMILES string of the molecule is COC(=O)OC(C)O. The number of rotatable bonds is 1. The third-order valence-electron chi connectivity index (χ3n) is 0.433. The van der Waals surface area contributed by atoms with Crippen LogP contribution in [0.2, 0.25) is 0 Å². The van der Waals surface area contributed by atoms with Gasteiger partial charge in [-0.15, -0.1) is 0 Å². The molecule has 0 bridgehead atoms. The third kappa shape index (κ3) is 3.42. The van der Waals surface area contributed by atoms with E-state index in [2.05, 4.69) is 9.47 Å². The summed E-state index contributed by atoms with van der Waals surface area (Å²) in [5.41, 5.74) is 0. The molecular formula is C4H8O4. The van der Waals surface area contributed by atoms with Gasteiger partial charge in [0, 0.05) is 0 Å². The molecule has 0 saturated carbocycles. The molecule has 8 heavy (non-hydrogen) atoms. The van der Waals surface area contributed by atoms with E-state index in [4.69, 9.17) is 5.11 Å². The number of methoxy groups -OCH3 is 1. The van der Waals surface area contributed by atoms with Crippen LogP contribution in [0.25, 0.3) is 0 Å². The van der Waals surface area contributed by atoms with Crippen molar-refractivity contribution in [2.45, 2.75) is 13.2 Å². The van der Waals surface area contributed by atoms with Gasteiger partial charge in [-0.2, -0.15) is 0 Å². The molecular weight excluding hydrogens is 112 g/mol. The van der Waals surface area contributed by atoms with Crippen molar-refractivity contribution in [2.75, 3.05) is 7.11 Å². The van der Waals surface area contributed by atoms with Gasteiger partial charge in [-0.25, -0.2) is 4.79 Å². The zero-order valence-corrected chi connectivity index (χ0v) is 4.75. The van der Waals surface area contributed by atoms with Crippen molar-refractivity contribution in [1.29, 1.82) is 0 Å². The summed E-state index contributed by atoms with van der Waals surface area (Å²) in [6, 6.07) is 0. The molecule has 0 radical (unpaired) electrons. The molecule has 0 spiro atoms. The fraction of sp³-hybridized carbons (Fsp3) is 0.750. The predicted molar refractivity (Wildman–Crippen MR) is 25.2 cm³/mol. The van der Waals surface area contributed by atoms with Crippen LogP contribution in [0.1, 0.15) is 6.92 Å². The van der Waals surface area contributed by atoms with Gasteiger partial charge >= 0.3 is 6.16 Å². The standard InChI is InChI=1S/C4H8O4/c1-3(5)8-4(6)7-2/h3,5H,1-2H3. The lowest BCUT2D eigenvalue weighted by Gasteiger charge is -2.02. The molecule has 0 saturated heterocycles. The first-order valence-corrected chi connectivity index (χ1v) is 2.09. The van der Waals surface area contributed by atoms with Crippen LogP contribution < -0.4 is 0 Å². The fourth-order valence-electron chi connectivity index (χ4n) is 0.187. The molecule has 0 aromatic rings. The normalized spacial score (nSPS) is 12.4. The average Bonchev–Trinajstić information content (AvgIpc) is 1.65. The van der Waals surface area contributed by atoms with Crippen molar-refractivity contribution >= 4 is 6.16 Å². The molecule has 0 aliphatic carbocycles. The Kier molecular flexibility index (Phi) is 2.95. The Morgan fingerprint density at radius 2 is 2.25 bits per heavy atom. The van der Waals surface area contributed by atoms with Crippen LogP contribution in [-0.4, -0.2) is 24.7 Å². The molecule has 0 aromatic carbocycles. The lowest BCUT2D eigenvalue weighted by atomic mass is 10.8. The molecule has 0 aliphatic heterocycles. The predicted octanol–water partition coefficient (Wildman–Crippen LogP) is 0.108. The highest BCUT2D eigenvalue weighted by molar-refractivity contribution is 5.59. The third-order valence-corrected chi connectivity index (χ3v) is 0.433. The molecule has 0 rings (SSSR count). The summed E-state index contributed by atoms with van der Waals surface area (Å²) in [7, 11) is 1.17. The molecule has 4 nitrogen and oxygen atoms in total. The van der Waals surface area contributed by atoms with Gasteiger partial charge in [0.05, 0.1) is 7.11 Å². The van der Waals surface area contributed by atoms with Crippen molar-refractivity contribution < 1.29 is 19.4 Å². The summed E-state index contributed by atoms with van der Waals surface area (Å²) in [5, 5.41) is 8.33. The largest absolute Gasteiger partial charge is 0.510 e. The van der Waals surface area contributed by atoms with E-state index in [0.29, 0.717) is 0 Å². The molecule has 0 aliphatic rings. The Hall–Kier alpha value is -0.770. The molecule has 0 heterocycles. The van der Waals surface area contributed by atoms with E-state index >= 15 is 0 Å². The topological polar surface area (TPSA) is 55.8 Å². The van der Waals surface area contributed by atoms with Gasteiger partial charge < -0.3 is 14.6 Å². The number of aliphatic hydroxyl groups excluding tert-OH is 1. The maximum Gasteiger partial charge on any atom is 0.510 e. The zero-order chi connectivity index (χ0) is 6.57. The summed E-state index contributed by atoms with van der Waals surface area (Å²) in [6.07, 6.45) is -1.97. The quantitative estimate of drug-likeness (QED) is 0.394. The van der Waals surface area contributed by atoms with E-state index in [-0.39, 0.29) is 0 Å². The van der Waals surface area contributed by atoms with Crippen LogP contribution in [0.15, 0.2) is 0 Å². The van der Waals surface area contributed by atoms with Crippen LogP contribution >= 0.6 is 0 Å². The minimum atomic E-state index is -1.09. The number of aliphatic hydroxyl groups is 1. The second-order valence-corrected chi connectivity index (χ2v) is 1.17. The Bertz CT molecular complexity index is 78.1.